The number of rotatable bonds is 1. The predicted molar refractivity (Wildman–Crippen MR) is 63.4 cm³/mol. The van der Waals surface area contributed by atoms with Gasteiger partial charge in [-0.2, -0.15) is 0 Å². The van der Waals surface area contributed by atoms with Crippen molar-refractivity contribution >= 4 is 10.8 Å². The zero-order valence-corrected chi connectivity index (χ0v) is 10.6. The van der Waals surface area contributed by atoms with Gasteiger partial charge in [-0.25, -0.2) is 5.01 Å². The van der Waals surface area contributed by atoms with Crippen LogP contribution in [-0.2, 0) is 10.8 Å². The summed E-state index contributed by atoms with van der Waals surface area (Å²) in [6.07, 6.45) is 0. The van der Waals surface area contributed by atoms with Gasteiger partial charge in [-0.15, -0.1) is 0 Å². The lowest BCUT2D eigenvalue weighted by molar-refractivity contribution is 0.0537. The molecule has 3 nitrogen and oxygen atoms in total. The first-order chi connectivity index (χ1) is 6.61. The number of nitrogens with zero attached hydrogens (tertiary/aromatic N) is 2. The predicted octanol–water partition coefficient (Wildman–Crippen LogP) is 1.46. The van der Waals surface area contributed by atoms with Crippen LogP contribution in [0.3, 0.4) is 0 Å². The fourth-order valence-corrected chi connectivity index (χ4v) is 2.35. The van der Waals surface area contributed by atoms with Gasteiger partial charge in [0, 0.05) is 48.1 Å². The van der Waals surface area contributed by atoms with Gasteiger partial charge in [0.15, 0.2) is 0 Å². The third-order valence-corrected chi connectivity index (χ3v) is 3.30. The molecule has 1 unspecified atom stereocenters. The average Bonchev–Trinajstić information content (AvgIpc) is 2.32. The summed E-state index contributed by atoms with van der Waals surface area (Å²) in [5.74, 6) is 1.54. The van der Waals surface area contributed by atoms with Gasteiger partial charge in [0.2, 0.25) is 0 Å². The molecule has 1 aliphatic heterocycles. The molecule has 0 aromatic carbocycles. The second kappa shape index (κ2) is 7.01. The van der Waals surface area contributed by atoms with Crippen LogP contribution < -0.4 is 0 Å². The van der Waals surface area contributed by atoms with Crippen LogP contribution in [0.4, 0.5) is 0 Å². The van der Waals surface area contributed by atoms with E-state index in [0.717, 1.165) is 30.3 Å². The number of hydrazine groups is 1. The van der Waals surface area contributed by atoms with Crippen molar-refractivity contribution in [2.45, 2.75) is 20.8 Å². The van der Waals surface area contributed by atoms with Crippen LogP contribution in [0.25, 0.3) is 0 Å². The molecule has 84 valence electrons. The van der Waals surface area contributed by atoms with Crippen molar-refractivity contribution in [1.29, 1.82) is 0 Å². The Labute approximate surface area is 90.2 Å². The SMILES string of the molecule is C=C(C)N1CCS(=O)CCN1C.CC. The molecule has 0 aromatic heterocycles. The Morgan fingerprint density at radius 3 is 2.29 bits per heavy atom. The van der Waals surface area contributed by atoms with Crippen molar-refractivity contribution in [2.24, 2.45) is 0 Å². The summed E-state index contributed by atoms with van der Waals surface area (Å²) in [5.41, 5.74) is 1.02. The minimum absolute atomic E-state index is 0.640. The summed E-state index contributed by atoms with van der Waals surface area (Å²) >= 11 is 0. The molecular formula is C10H22N2OS. The summed E-state index contributed by atoms with van der Waals surface area (Å²) in [5, 5.41) is 4.18. The fourth-order valence-electron chi connectivity index (χ4n) is 1.30. The van der Waals surface area contributed by atoms with Gasteiger partial charge in [-0.05, 0) is 6.92 Å². The first-order valence-electron chi connectivity index (χ1n) is 5.10. The average molecular weight is 218 g/mol. The van der Waals surface area contributed by atoms with Gasteiger partial charge in [0.25, 0.3) is 0 Å². The molecule has 1 aliphatic rings. The molecule has 0 amide bonds. The van der Waals surface area contributed by atoms with Crippen molar-refractivity contribution in [1.82, 2.24) is 10.0 Å². The van der Waals surface area contributed by atoms with E-state index in [1.165, 1.54) is 0 Å². The Morgan fingerprint density at radius 1 is 1.29 bits per heavy atom. The van der Waals surface area contributed by atoms with E-state index in [1.807, 2.05) is 27.8 Å². The zero-order chi connectivity index (χ0) is 11.1. The summed E-state index contributed by atoms with van der Waals surface area (Å²) < 4.78 is 11.2. The summed E-state index contributed by atoms with van der Waals surface area (Å²) in [7, 11) is 1.37. The molecule has 1 heterocycles. The minimum Gasteiger partial charge on any atom is -0.310 e. The molecule has 0 N–H and O–H groups in total. The Balaban J connectivity index is 0.000000791. The van der Waals surface area contributed by atoms with Crippen LogP contribution in [0, 0.1) is 0 Å². The van der Waals surface area contributed by atoms with Gasteiger partial charge in [0.1, 0.15) is 0 Å². The monoisotopic (exact) mass is 218 g/mol. The molecule has 1 fully saturated rings. The van der Waals surface area contributed by atoms with Gasteiger partial charge in [-0.1, -0.05) is 20.4 Å². The largest absolute Gasteiger partial charge is 0.310 e. The second-order valence-electron chi connectivity index (χ2n) is 3.09. The molecule has 0 aromatic rings. The van der Waals surface area contributed by atoms with E-state index in [1.54, 1.807) is 0 Å². The van der Waals surface area contributed by atoms with Crippen molar-refractivity contribution in [3.05, 3.63) is 12.3 Å². The standard InChI is InChI=1S/C8H16N2OS.C2H6/c1-8(2)10-5-7-12(11)6-4-9(10)3;1-2/h1,4-7H2,2-3H3;1-2H3. The zero-order valence-electron chi connectivity index (χ0n) is 9.75. The van der Waals surface area contributed by atoms with Gasteiger partial charge >= 0.3 is 0 Å². The molecule has 1 atom stereocenters. The highest BCUT2D eigenvalue weighted by molar-refractivity contribution is 7.85. The van der Waals surface area contributed by atoms with E-state index in [9.17, 15) is 4.21 Å². The quantitative estimate of drug-likeness (QED) is 0.666. The first kappa shape index (κ1) is 13.7. The van der Waals surface area contributed by atoms with Crippen molar-refractivity contribution in [3.8, 4) is 0 Å². The molecule has 1 saturated heterocycles. The number of hydrogen-bond donors (Lipinski definition) is 0. The van der Waals surface area contributed by atoms with E-state index >= 15 is 0 Å². The maximum Gasteiger partial charge on any atom is 0.0458 e. The van der Waals surface area contributed by atoms with E-state index in [4.69, 9.17) is 0 Å². The van der Waals surface area contributed by atoms with Crippen LogP contribution in [-0.4, -0.2) is 45.9 Å². The van der Waals surface area contributed by atoms with E-state index < -0.39 is 10.8 Å². The van der Waals surface area contributed by atoms with E-state index in [2.05, 4.69) is 16.6 Å². The Hall–Kier alpha value is -0.350. The highest BCUT2D eigenvalue weighted by atomic mass is 32.2. The van der Waals surface area contributed by atoms with Crippen LogP contribution in [0.2, 0.25) is 0 Å². The topological polar surface area (TPSA) is 23.6 Å². The number of hydrogen-bond acceptors (Lipinski definition) is 3. The van der Waals surface area contributed by atoms with Gasteiger partial charge < -0.3 is 5.01 Å². The molecule has 0 saturated carbocycles. The van der Waals surface area contributed by atoms with Crippen LogP contribution >= 0.6 is 0 Å². The molecule has 0 spiro atoms. The highest BCUT2D eigenvalue weighted by Gasteiger charge is 2.16. The molecule has 1 rings (SSSR count). The third kappa shape index (κ3) is 4.24. The van der Waals surface area contributed by atoms with Crippen molar-refractivity contribution < 1.29 is 4.21 Å². The summed E-state index contributed by atoms with van der Waals surface area (Å²) in [6, 6.07) is 0. The maximum absolute atomic E-state index is 11.2. The molecular weight excluding hydrogens is 196 g/mol. The lowest BCUT2D eigenvalue weighted by Gasteiger charge is -2.31. The lowest BCUT2D eigenvalue weighted by Crippen LogP contribution is -2.38. The number of allylic oxidation sites excluding steroid dienone is 1. The molecule has 0 radical (unpaired) electrons. The smallest absolute Gasteiger partial charge is 0.0458 e. The van der Waals surface area contributed by atoms with E-state index in [0.29, 0.717) is 0 Å². The molecule has 0 aliphatic carbocycles. The Kier molecular flexibility index (Phi) is 6.83. The highest BCUT2D eigenvalue weighted by Crippen LogP contribution is 2.07. The van der Waals surface area contributed by atoms with Crippen molar-refractivity contribution in [3.63, 3.8) is 0 Å². The van der Waals surface area contributed by atoms with Crippen LogP contribution in [0.15, 0.2) is 12.3 Å². The maximum atomic E-state index is 11.2. The van der Waals surface area contributed by atoms with Crippen molar-refractivity contribution in [2.75, 3.05) is 31.6 Å². The Morgan fingerprint density at radius 2 is 1.79 bits per heavy atom. The van der Waals surface area contributed by atoms with Gasteiger partial charge in [-0.3, -0.25) is 4.21 Å². The molecule has 4 heteroatoms. The Bertz CT molecular complexity index is 206. The van der Waals surface area contributed by atoms with Crippen LogP contribution in [0.5, 0.6) is 0 Å². The third-order valence-electron chi connectivity index (χ3n) is 2.03. The summed E-state index contributed by atoms with van der Waals surface area (Å²) in [6.45, 7) is 11.6. The van der Waals surface area contributed by atoms with Crippen LogP contribution in [0.1, 0.15) is 20.8 Å². The minimum atomic E-state index is -0.640. The normalized spacial score (nSPS) is 23.4. The molecule has 14 heavy (non-hydrogen) atoms. The first-order valence-corrected chi connectivity index (χ1v) is 6.59. The second-order valence-corrected chi connectivity index (χ2v) is 4.78. The lowest BCUT2D eigenvalue weighted by atomic mass is 10.5. The van der Waals surface area contributed by atoms with Gasteiger partial charge in [0.05, 0.1) is 0 Å². The van der Waals surface area contributed by atoms with E-state index in [-0.39, 0.29) is 0 Å². The fraction of sp³-hybridized carbons (Fsp3) is 0.800. The molecule has 0 bridgehead atoms. The summed E-state index contributed by atoms with van der Waals surface area (Å²) in [4.78, 5) is 0.